The number of para-hydroxylation sites is 3. The largest absolute Gasteiger partial charge is 0.485 e. The molecule has 3 aromatic rings. The Kier molecular flexibility index (Phi) is 4.85. The van der Waals surface area contributed by atoms with Gasteiger partial charge in [-0.05, 0) is 37.1 Å². The van der Waals surface area contributed by atoms with E-state index in [-0.39, 0.29) is 5.91 Å². The molecule has 1 aliphatic heterocycles. The first kappa shape index (κ1) is 18.1. The van der Waals surface area contributed by atoms with Crippen LogP contribution in [0.2, 0.25) is 0 Å². The Balaban J connectivity index is 1.42. The third kappa shape index (κ3) is 3.93. The van der Waals surface area contributed by atoms with E-state index in [4.69, 9.17) is 9.47 Å². The van der Waals surface area contributed by atoms with Gasteiger partial charge in [0.05, 0.1) is 5.75 Å². The van der Waals surface area contributed by atoms with E-state index in [9.17, 15) is 4.79 Å². The topological polar surface area (TPSA) is 78.3 Å². The standard InChI is InChI=1S/C21H20N4O3S/c26-19(22-14-10-11-14)13-29-21-24-23-20(25(21)15-6-2-1-3-7-15)18-12-27-16-8-4-5-9-17(16)28-18/h1-9,14,18H,10-13H2,(H,22,26). The monoisotopic (exact) mass is 408 g/mol. The lowest BCUT2D eigenvalue weighted by Crippen LogP contribution is -2.27. The van der Waals surface area contributed by atoms with Gasteiger partial charge in [-0.2, -0.15) is 0 Å². The fraction of sp³-hybridized carbons (Fsp3) is 0.286. The zero-order valence-electron chi connectivity index (χ0n) is 15.7. The Morgan fingerprint density at radius 1 is 1.07 bits per heavy atom. The molecule has 5 rings (SSSR count). The van der Waals surface area contributed by atoms with Crippen molar-refractivity contribution in [3.8, 4) is 17.2 Å². The molecule has 148 valence electrons. The lowest BCUT2D eigenvalue weighted by Gasteiger charge is -2.26. The third-order valence-corrected chi connectivity index (χ3v) is 5.67. The smallest absolute Gasteiger partial charge is 0.230 e. The highest BCUT2D eigenvalue weighted by atomic mass is 32.2. The highest BCUT2D eigenvalue weighted by Gasteiger charge is 2.29. The molecule has 1 fully saturated rings. The van der Waals surface area contributed by atoms with Crippen LogP contribution in [0.3, 0.4) is 0 Å². The molecule has 0 spiro atoms. The van der Waals surface area contributed by atoms with E-state index >= 15 is 0 Å². The van der Waals surface area contributed by atoms with Gasteiger partial charge in [0.25, 0.3) is 0 Å². The molecule has 1 aliphatic carbocycles. The number of hydrogen-bond acceptors (Lipinski definition) is 6. The van der Waals surface area contributed by atoms with Gasteiger partial charge in [0.1, 0.15) is 6.61 Å². The van der Waals surface area contributed by atoms with Gasteiger partial charge in [-0.25, -0.2) is 0 Å². The SMILES string of the molecule is O=C(CSc1nnc(C2COc3ccccc3O2)n1-c1ccccc1)NC1CC1. The molecule has 0 radical (unpaired) electrons. The summed E-state index contributed by atoms with van der Waals surface area (Å²) in [6.07, 6.45) is 1.75. The number of benzene rings is 2. The number of nitrogens with zero attached hydrogens (tertiary/aromatic N) is 3. The van der Waals surface area contributed by atoms with E-state index < -0.39 is 6.10 Å². The number of thioether (sulfide) groups is 1. The first-order chi connectivity index (χ1) is 14.3. The van der Waals surface area contributed by atoms with Gasteiger partial charge < -0.3 is 14.8 Å². The Labute approximate surface area is 172 Å². The van der Waals surface area contributed by atoms with Gasteiger partial charge >= 0.3 is 0 Å². The van der Waals surface area contributed by atoms with Gasteiger partial charge in [-0.3, -0.25) is 9.36 Å². The molecule has 1 unspecified atom stereocenters. The highest BCUT2D eigenvalue weighted by molar-refractivity contribution is 7.99. The summed E-state index contributed by atoms with van der Waals surface area (Å²) in [7, 11) is 0. The Morgan fingerprint density at radius 3 is 2.62 bits per heavy atom. The summed E-state index contributed by atoms with van der Waals surface area (Å²) in [5.41, 5.74) is 0.917. The fourth-order valence-corrected chi connectivity index (χ4v) is 3.95. The molecule has 1 aromatic heterocycles. The highest BCUT2D eigenvalue weighted by Crippen LogP contribution is 2.36. The molecule has 2 aromatic carbocycles. The molecule has 8 heteroatoms. The molecular weight excluding hydrogens is 388 g/mol. The van der Waals surface area contributed by atoms with Crippen molar-refractivity contribution in [2.45, 2.75) is 30.1 Å². The number of hydrogen-bond donors (Lipinski definition) is 1. The van der Waals surface area contributed by atoms with Crippen molar-refractivity contribution < 1.29 is 14.3 Å². The number of nitrogens with one attached hydrogen (secondary N) is 1. The fourth-order valence-electron chi connectivity index (χ4n) is 3.18. The predicted molar refractivity (Wildman–Crippen MR) is 109 cm³/mol. The van der Waals surface area contributed by atoms with Crippen LogP contribution >= 0.6 is 11.8 Å². The van der Waals surface area contributed by atoms with Crippen molar-refractivity contribution >= 4 is 17.7 Å². The zero-order chi connectivity index (χ0) is 19.6. The summed E-state index contributed by atoms with van der Waals surface area (Å²) in [6.45, 7) is 0.342. The van der Waals surface area contributed by atoms with Gasteiger partial charge in [0, 0.05) is 11.7 Å². The van der Waals surface area contributed by atoms with Gasteiger partial charge in [-0.1, -0.05) is 42.1 Å². The van der Waals surface area contributed by atoms with Crippen molar-refractivity contribution in [1.29, 1.82) is 0 Å². The van der Waals surface area contributed by atoms with Crippen LogP contribution in [-0.2, 0) is 4.79 Å². The van der Waals surface area contributed by atoms with E-state index in [1.165, 1.54) is 11.8 Å². The molecule has 7 nitrogen and oxygen atoms in total. The third-order valence-electron chi connectivity index (χ3n) is 4.74. The van der Waals surface area contributed by atoms with Crippen molar-refractivity contribution in [3.63, 3.8) is 0 Å². The van der Waals surface area contributed by atoms with Crippen LogP contribution in [0.4, 0.5) is 0 Å². The molecule has 0 saturated heterocycles. The average Bonchev–Trinajstić information content (AvgIpc) is 3.47. The minimum absolute atomic E-state index is 0.0211. The van der Waals surface area contributed by atoms with E-state index in [1.54, 1.807) is 0 Å². The summed E-state index contributed by atoms with van der Waals surface area (Å²) in [6, 6.07) is 17.8. The number of rotatable bonds is 6. The summed E-state index contributed by atoms with van der Waals surface area (Å²) >= 11 is 1.37. The van der Waals surface area contributed by atoms with Gasteiger partial charge in [0.15, 0.2) is 28.6 Å². The second kappa shape index (κ2) is 7.79. The molecule has 29 heavy (non-hydrogen) atoms. The predicted octanol–water partition coefficient (Wildman–Crippen LogP) is 3.15. The molecule has 1 atom stereocenters. The lowest BCUT2D eigenvalue weighted by atomic mass is 10.2. The number of amides is 1. The Bertz CT molecular complexity index is 1020. The van der Waals surface area contributed by atoms with Crippen LogP contribution in [-0.4, -0.2) is 39.1 Å². The molecule has 1 saturated carbocycles. The van der Waals surface area contributed by atoms with Crippen LogP contribution in [0.15, 0.2) is 59.8 Å². The Morgan fingerprint density at radius 2 is 1.83 bits per heavy atom. The number of aromatic nitrogens is 3. The summed E-state index contributed by atoms with van der Waals surface area (Å²) in [5.74, 6) is 2.38. The minimum Gasteiger partial charge on any atom is -0.485 e. The Hall–Kier alpha value is -3.00. The molecule has 1 amide bonds. The van der Waals surface area contributed by atoms with Crippen LogP contribution in [0, 0.1) is 0 Å². The van der Waals surface area contributed by atoms with Crippen molar-refractivity contribution in [2.24, 2.45) is 0 Å². The first-order valence-electron chi connectivity index (χ1n) is 9.59. The van der Waals surface area contributed by atoms with Crippen molar-refractivity contribution in [2.75, 3.05) is 12.4 Å². The van der Waals surface area contributed by atoms with Crippen molar-refractivity contribution in [3.05, 3.63) is 60.4 Å². The van der Waals surface area contributed by atoms with Gasteiger partial charge in [-0.15, -0.1) is 10.2 Å². The molecule has 1 N–H and O–H groups in total. The first-order valence-corrected chi connectivity index (χ1v) is 10.6. The number of carbonyl (C=O) groups excluding carboxylic acids is 1. The van der Waals surface area contributed by atoms with E-state index in [0.29, 0.717) is 35.1 Å². The maximum atomic E-state index is 12.1. The lowest BCUT2D eigenvalue weighted by molar-refractivity contribution is -0.118. The quantitative estimate of drug-likeness (QED) is 0.632. The molecular formula is C21H20N4O3S. The minimum atomic E-state index is -0.396. The summed E-state index contributed by atoms with van der Waals surface area (Å²) in [5, 5.41) is 12.4. The van der Waals surface area contributed by atoms with Crippen LogP contribution in [0.25, 0.3) is 5.69 Å². The second-order valence-electron chi connectivity index (χ2n) is 7.01. The summed E-state index contributed by atoms with van der Waals surface area (Å²) < 4.78 is 13.9. The van der Waals surface area contributed by atoms with E-state index in [1.807, 2.05) is 59.2 Å². The van der Waals surface area contributed by atoms with Gasteiger partial charge in [0.2, 0.25) is 5.91 Å². The van der Waals surface area contributed by atoms with E-state index in [2.05, 4.69) is 15.5 Å². The maximum absolute atomic E-state index is 12.1. The van der Waals surface area contributed by atoms with Crippen molar-refractivity contribution in [1.82, 2.24) is 20.1 Å². The zero-order valence-corrected chi connectivity index (χ0v) is 16.5. The average molecular weight is 408 g/mol. The van der Waals surface area contributed by atoms with Crippen LogP contribution in [0.5, 0.6) is 11.5 Å². The number of fused-ring (bicyclic) bond motifs is 1. The second-order valence-corrected chi connectivity index (χ2v) is 7.95. The van der Waals surface area contributed by atoms with Crippen LogP contribution in [0.1, 0.15) is 24.8 Å². The summed E-state index contributed by atoms with van der Waals surface area (Å²) in [4.78, 5) is 12.1. The normalized spacial score (nSPS) is 17.7. The molecule has 2 aliphatic rings. The number of ether oxygens (including phenoxy) is 2. The number of carbonyl (C=O) groups is 1. The van der Waals surface area contributed by atoms with Crippen LogP contribution < -0.4 is 14.8 Å². The van der Waals surface area contributed by atoms with E-state index in [0.717, 1.165) is 24.3 Å². The maximum Gasteiger partial charge on any atom is 0.230 e. The molecule has 2 heterocycles. The molecule has 0 bridgehead atoms.